The molecule has 1 aromatic carbocycles. The molecule has 3 nitrogen and oxygen atoms in total. The Hall–Kier alpha value is -1.31. The summed E-state index contributed by atoms with van der Waals surface area (Å²) in [5, 5.41) is 14.5. The van der Waals surface area contributed by atoms with Crippen LogP contribution in [0.5, 0.6) is 0 Å². The minimum absolute atomic E-state index is 0.700. The molecule has 0 atom stereocenters. The molecule has 2 radical (unpaired) electrons. The summed E-state index contributed by atoms with van der Waals surface area (Å²) in [5.74, 6) is 0. The van der Waals surface area contributed by atoms with Crippen molar-refractivity contribution in [3.05, 3.63) is 35.4 Å². The average Bonchev–Trinajstić information content (AvgIpc) is 2.30. The molecule has 2 N–H and O–H groups in total. The first-order valence-corrected chi connectivity index (χ1v) is 5.00. The fraction of sp³-hybridized carbons (Fsp3) is 0.364. The van der Waals surface area contributed by atoms with Gasteiger partial charge in [-0.05, 0) is 37.2 Å². The van der Waals surface area contributed by atoms with Gasteiger partial charge in [-0.25, -0.2) is 0 Å². The van der Waals surface area contributed by atoms with Crippen molar-refractivity contribution in [3.63, 3.8) is 0 Å². The van der Waals surface area contributed by atoms with E-state index in [4.69, 9.17) is 13.2 Å². The van der Waals surface area contributed by atoms with Crippen molar-refractivity contribution in [2.75, 3.05) is 13.1 Å². The summed E-state index contributed by atoms with van der Waals surface area (Å²) in [5.41, 5.74) is 1.89. The number of rotatable bonds is 6. The molecule has 0 aliphatic heterocycles. The van der Waals surface area contributed by atoms with Gasteiger partial charge in [-0.15, -0.1) is 0 Å². The van der Waals surface area contributed by atoms with Crippen LogP contribution in [0.25, 0.3) is 0 Å². The van der Waals surface area contributed by atoms with Crippen molar-refractivity contribution in [2.24, 2.45) is 0 Å². The van der Waals surface area contributed by atoms with Gasteiger partial charge in [0.15, 0.2) is 7.98 Å². The molecule has 15 heavy (non-hydrogen) atoms. The Bertz CT molecular complexity index is 316. The lowest BCUT2D eigenvalue weighted by Crippen LogP contribution is -2.20. The topological polar surface area (TPSA) is 47.8 Å². The molecule has 4 heteroatoms. The van der Waals surface area contributed by atoms with Crippen molar-refractivity contribution in [1.29, 1.82) is 5.26 Å². The molecule has 0 saturated carbocycles. The number of nitrogens with one attached hydrogen (secondary N) is 2. The lowest BCUT2D eigenvalue weighted by Gasteiger charge is -2.04. The molecule has 1 rings (SSSR count). The van der Waals surface area contributed by atoms with E-state index in [9.17, 15) is 0 Å². The summed E-state index contributed by atoms with van der Waals surface area (Å²) in [4.78, 5) is 0. The number of nitriles is 1. The Morgan fingerprint density at radius 1 is 1.20 bits per heavy atom. The van der Waals surface area contributed by atoms with E-state index in [2.05, 4.69) is 16.6 Å². The molecule has 0 bridgehead atoms. The fourth-order valence-electron chi connectivity index (χ4n) is 1.25. The number of nitrogens with zero attached hydrogens (tertiary/aromatic N) is 1. The molecule has 0 heterocycles. The predicted octanol–water partition coefficient (Wildman–Crippen LogP) is 0.711. The van der Waals surface area contributed by atoms with Gasteiger partial charge in [0, 0.05) is 6.54 Å². The van der Waals surface area contributed by atoms with E-state index in [0.29, 0.717) is 5.56 Å². The quantitative estimate of drug-likeness (QED) is 0.524. The first-order valence-electron chi connectivity index (χ1n) is 5.00. The molecule has 0 aromatic heterocycles. The zero-order chi connectivity index (χ0) is 10.9. The molecule has 0 spiro atoms. The van der Waals surface area contributed by atoms with Crippen LogP contribution in [-0.4, -0.2) is 21.1 Å². The molecule has 76 valence electrons. The molecule has 0 unspecified atom stereocenters. The van der Waals surface area contributed by atoms with Gasteiger partial charge >= 0.3 is 0 Å². The summed E-state index contributed by atoms with van der Waals surface area (Å²) >= 11 is 0. The summed E-state index contributed by atoms with van der Waals surface area (Å²) in [6.45, 7) is 2.58. The SMILES string of the molecule is [B]NCCCNCc1ccc(C#N)cc1. The second-order valence-electron chi connectivity index (χ2n) is 3.29. The highest BCUT2D eigenvalue weighted by molar-refractivity contribution is 6.04. The average molecular weight is 199 g/mol. The van der Waals surface area contributed by atoms with Crippen LogP contribution in [0.15, 0.2) is 24.3 Å². The lowest BCUT2D eigenvalue weighted by atomic mass is 10.1. The summed E-state index contributed by atoms with van der Waals surface area (Å²) in [6, 6.07) is 9.69. The van der Waals surface area contributed by atoms with Crippen LogP contribution in [0.3, 0.4) is 0 Å². The third kappa shape index (κ3) is 4.64. The van der Waals surface area contributed by atoms with E-state index >= 15 is 0 Å². The molecule has 0 aliphatic rings. The second-order valence-corrected chi connectivity index (χ2v) is 3.29. The monoisotopic (exact) mass is 199 g/mol. The van der Waals surface area contributed by atoms with Crippen molar-refractivity contribution in [1.82, 2.24) is 10.5 Å². The van der Waals surface area contributed by atoms with Crippen molar-refractivity contribution in [2.45, 2.75) is 13.0 Å². The molecule has 0 aliphatic carbocycles. The zero-order valence-electron chi connectivity index (χ0n) is 8.66. The fourth-order valence-corrected chi connectivity index (χ4v) is 1.25. The maximum Gasteiger partial charge on any atom is 0.177 e. The Morgan fingerprint density at radius 3 is 2.53 bits per heavy atom. The number of benzene rings is 1. The number of hydrogen-bond acceptors (Lipinski definition) is 3. The van der Waals surface area contributed by atoms with Crippen molar-refractivity contribution < 1.29 is 0 Å². The van der Waals surface area contributed by atoms with Crippen LogP contribution in [0, 0.1) is 11.3 Å². The van der Waals surface area contributed by atoms with E-state index in [1.165, 1.54) is 5.56 Å². The standard InChI is InChI=1S/C11H14BN3/c12-15-7-1-6-14-9-11-4-2-10(8-13)3-5-11/h2-5,14-15H,1,6-7,9H2. The normalized spacial score (nSPS) is 9.80. The van der Waals surface area contributed by atoms with E-state index in [-0.39, 0.29) is 0 Å². The van der Waals surface area contributed by atoms with E-state index in [1.807, 2.05) is 24.3 Å². The van der Waals surface area contributed by atoms with Crippen molar-refractivity contribution in [3.8, 4) is 6.07 Å². The number of hydrogen-bond donors (Lipinski definition) is 2. The predicted molar refractivity (Wildman–Crippen MR) is 61.2 cm³/mol. The van der Waals surface area contributed by atoms with Crippen LogP contribution in [-0.2, 0) is 6.54 Å². The maximum absolute atomic E-state index is 8.62. The highest BCUT2D eigenvalue weighted by Crippen LogP contribution is 2.02. The van der Waals surface area contributed by atoms with Crippen molar-refractivity contribution >= 4 is 7.98 Å². The maximum atomic E-state index is 8.62. The minimum atomic E-state index is 0.700. The largest absolute Gasteiger partial charge is 0.366 e. The summed E-state index contributed by atoms with van der Waals surface area (Å²) in [6.07, 6.45) is 1.01. The molecule has 0 amide bonds. The Kier molecular flexibility index (Phi) is 5.53. The zero-order valence-corrected chi connectivity index (χ0v) is 8.66. The molecule has 0 saturated heterocycles. The van der Waals surface area contributed by atoms with E-state index in [1.54, 1.807) is 0 Å². The van der Waals surface area contributed by atoms with E-state index < -0.39 is 0 Å². The lowest BCUT2D eigenvalue weighted by molar-refractivity contribution is 0.645. The smallest absolute Gasteiger partial charge is 0.177 e. The van der Waals surface area contributed by atoms with Crippen LogP contribution in [0.1, 0.15) is 17.5 Å². The van der Waals surface area contributed by atoms with Gasteiger partial charge in [0.1, 0.15) is 0 Å². The van der Waals surface area contributed by atoms with Gasteiger partial charge in [-0.3, -0.25) is 0 Å². The van der Waals surface area contributed by atoms with Crippen LogP contribution in [0.2, 0.25) is 0 Å². The third-order valence-corrected chi connectivity index (χ3v) is 2.09. The molecule has 1 aromatic rings. The van der Waals surface area contributed by atoms with Crippen LogP contribution >= 0.6 is 0 Å². The van der Waals surface area contributed by atoms with Crippen LogP contribution < -0.4 is 10.5 Å². The Morgan fingerprint density at radius 2 is 1.93 bits per heavy atom. The summed E-state index contributed by atoms with van der Waals surface area (Å²) in [7, 11) is 5.15. The first-order chi connectivity index (χ1) is 7.36. The van der Waals surface area contributed by atoms with Crippen LogP contribution in [0.4, 0.5) is 0 Å². The molecule has 0 fully saturated rings. The first kappa shape index (κ1) is 11.8. The van der Waals surface area contributed by atoms with E-state index in [0.717, 1.165) is 26.1 Å². The Labute approximate surface area is 91.9 Å². The molecular weight excluding hydrogens is 185 g/mol. The van der Waals surface area contributed by atoms with Gasteiger partial charge in [0.2, 0.25) is 0 Å². The van der Waals surface area contributed by atoms with Gasteiger partial charge in [-0.1, -0.05) is 12.1 Å². The minimum Gasteiger partial charge on any atom is -0.366 e. The van der Waals surface area contributed by atoms with Gasteiger partial charge in [-0.2, -0.15) is 5.26 Å². The second kappa shape index (κ2) is 7.05. The summed E-state index contributed by atoms with van der Waals surface area (Å²) < 4.78 is 0. The highest BCUT2D eigenvalue weighted by Gasteiger charge is 1.93. The van der Waals surface area contributed by atoms with Gasteiger partial charge in [0.05, 0.1) is 11.6 Å². The molecular formula is C11H14BN3. The van der Waals surface area contributed by atoms with Gasteiger partial charge < -0.3 is 10.5 Å². The third-order valence-electron chi connectivity index (χ3n) is 2.09. The Balaban J connectivity index is 2.23. The highest BCUT2D eigenvalue weighted by atomic mass is 14.9. The van der Waals surface area contributed by atoms with Gasteiger partial charge in [0.25, 0.3) is 0 Å².